The molecule has 1 unspecified atom stereocenters. The number of carbonyl (C=O) groups is 1. The van der Waals surface area contributed by atoms with Crippen LogP contribution in [0.25, 0.3) is 0 Å². The molecule has 0 aromatic carbocycles. The summed E-state index contributed by atoms with van der Waals surface area (Å²) in [7, 11) is 0. The molecule has 104 valence electrons. The molecule has 2 fully saturated rings. The number of hydrogen-bond acceptors (Lipinski definition) is 4. The zero-order valence-electron chi connectivity index (χ0n) is 11.5. The van der Waals surface area contributed by atoms with Crippen LogP contribution in [0, 0.1) is 0 Å². The Morgan fingerprint density at radius 1 is 1.39 bits per heavy atom. The smallest absolute Gasteiger partial charge is 0.240 e. The van der Waals surface area contributed by atoms with E-state index in [0.29, 0.717) is 6.04 Å². The van der Waals surface area contributed by atoms with Crippen molar-refractivity contribution in [2.45, 2.75) is 38.3 Å². The second kappa shape index (κ2) is 6.26. The maximum Gasteiger partial charge on any atom is 0.240 e. The van der Waals surface area contributed by atoms with Gasteiger partial charge in [-0.15, -0.1) is 0 Å². The summed E-state index contributed by atoms with van der Waals surface area (Å²) >= 11 is 1.95. The molecule has 0 bridgehead atoms. The molecule has 1 amide bonds. The van der Waals surface area contributed by atoms with Crippen molar-refractivity contribution in [2.24, 2.45) is 0 Å². The Bertz CT molecular complexity index is 284. The molecule has 2 aliphatic rings. The number of thioether (sulfide) groups is 1. The van der Waals surface area contributed by atoms with Crippen LogP contribution in [0.3, 0.4) is 0 Å². The lowest BCUT2D eigenvalue weighted by Crippen LogP contribution is -2.61. The third kappa shape index (κ3) is 3.39. The lowest BCUT2D eigenvalue weighted by atomic mass is 9.99. The highest BCUT2D eigenvalue weighted by atomic mass is 32.2. The predicted molar refractivity (Wildman–Crippen MR) is 77.0 cm³/mol. The summed E-state index contributed by atoms with van der Waals surface area (Å²) < 4.78 is 0. The quantitative estimate of drug-likeness (QED) is 0.792. The van der Waals surface area contributed by atoms with Crippen molar-refractivity contribution in [1.29, 1.82) is 0 Å². The lowest BCUT2D eigenvalue weighted by Gasteiger charge is -2.40. The van der Waals surface area contributed by atoms with Gasteiger partial charge in [0.05, 0.1) is 5.54 Å². The highest BCUT2D eigenvalue weighted by Crippen LogP contribution is 2.20. The average Bonchev–Trinajstić information content (AvgIpc) is 2.41. The van der Waals surface area contributed by atoms with Crippen LogP contribution in [0.4, 0.5) is 0 Å². The van der Waals surface area contributed by atoms with E-state index in [4.69, 9.17) is 0 Å². The molecule has 0 aromatic rings. The standard InChI is InChI=1S/C13H25N3OS/c1-13(2,16-7-5-14-6-8-16)12(17)15-11-4-3-9-18-10-11/h11,14H,3-10H2,1-2H3,(H,15,17). The molecular formula is C13H25N3OS. The number of amides is 1. The van der Waals surface area contributed by atoms with Gasteiger partial charge in [0, 0.05) is 38.0 Å². The SMILES string of the molecule is CC(C)(C(=O)NC1CCCSC1)N1CCNCC1. The van der Waals surface area contributed by atoms with Crippen LogP contribution in [0.1, 0.15) is 26.7 Å². The van der Waals surface area contributed by atoms with Crippen molar-refractivity contribution in [3.8, 4) is 0 Å². The van der Waals surface area contributed by atoms with Gasteiger partial charge in [0.25, 0.3) is 0 Å². The summed E-state index contributed by atoms with van der Waals surface area (Å²) in [5, 5.41) is 6.56. The van der Waals surface area contributed by atoms with Gasteiger partial charge in [-0.3, -0.25) is 9.69 Å². The van der Waals surface area contributed by atoms with Gasteiger partial charge in [-0.2, -0.15) is 11.8 Å². The molecule has 2 aliphatic heterocycles. The normalized spacial score (nSPS) is 26.9. The molecular weight excluding hydrogens is 246 g/mol. The Balaban J connectivity index is 1.88. The van der Waals surface area contributed by atoms with E-state index in [9.17, 15) is 4.79 Å². The van der Waals surface area contributed by atoms with Crippen molar-refractivity contribution in [1.82, 2.24) is 15.5 Å². The van der Waals surface area contributed by atoms with Crippen LogP contribution < -0.4 is 10.6 Å². The van der Waals surface area contributed by atoms with Crippen molar-refractivity contribution >= 4 is 17.7 Å². The summed E-state index contributed by atoms with van der Waals surface area (Å²) in [4.78, 5) is 14.7. The molecule has 5 heteroatoms. The topological polar surface area (TPSA) is 44.4 Å². The van der Waals surface area contributed by atoms with Crippen LogP contribution in [-0.4, -0.2) is 60.1 Å². The number of nitrogens with zero attached hydrogens (tertiary/aromatic N) is 1. The maximum absolute atomic E-state index is 12.4. The zero-order valence-corrected chi connectivity index (χ0v) is 12.3. The number of piperazine rings is 1. The molecule has 0 radical (unpaired) electrons. The molecule has 2 saturated heterocycles. The Morgan fingerprint density at radius 3 is 2.72 bits per heavy atom. The van der Waals surface area contributed by atoms with Crippen LogP contribution in [-0.2, 0) is 4.79 Å². The third-order valence-corrected chi connectivity index (χ3v) is 5.17. The molecule has 1 atom stereocenters. The predicted octanol–water partition coefficient (Wildman–Crippen LogP) is 0.682. The number of carbonyl (C=O) groups excluding carboxylic acids is 1. The van der Waals surface area contributed by atoms with E-state index >= 15 is 0 Å². The van der Waals surface area contributed by atoms with Gasteiger partial charge >= 0.3 is 0 Å². The Hall–Kier alpha value is -0.260. The van der Waals surface area contributed by atoms with Gasteiger partial charge in [0.15, 0.2) is 0 Å². The van der Waals surface area contributed by atoms with Gasteiger partial charge in [0.2, 0.25) is 5.91 Å². The first-order valence-corrected chi connectivity index (χ1v) is 8.10. The molecule has 0 aromatic heterocycles. The van der Waals surface area contributed by atoms with Crippen LogP contribution in [0.15, 0.2) is 0 Å². The van der Waals surface area contributed by atoms with Crippen LogP contribution >= 0.6 is 11.8 Å². The zero-order chi connectivity index (χ0) is 13.0. The first-order chi connectivity index (χ1) is 8.60. The summed E-state index contributed by atoms with van der Waals surface area (Å²) in [6, 6.07) is 0.374. The molecule has 0 aliphatic carbocycles. The molecule has 2 N–H and O–H groups in total. The summed E-state index contributed by atoms with van der Waals surface area (Å²) in [5.74, 6) is 2.51. The van der Waals surface area contributed by atoms with Gasteiger partial charge in [-0.25, -0.2) is 0 Å². The van der Waals surface area contributed by atoms with Crippen molar-refractivity contribution in [2.75, 3.05) is 37.7 Å². The van der Waals surface area contributed by atoms with Crippen LogP contribution in [0.5, 0.6) is 0 Å². The van der Waals surface area contributed by atoms with E-state index in [1.807, 2.05) is 25.6 Å². The van der Waals surface area contributed by atoms with Gasteiger partial charge in [-0.1, -0.05) is 0 Å². The van der Waals surface area contributed by atoms with Gasteiger partial charge in [-0.05, 0) is 32.4 Å². The number of hydrogen-bond donors (Lipinski definition) is 2. The highest BCUT2D eigenvalue weighted by Gasteiger charge is 2.36. The van der Waals surface area contributed by atoms with E-state index in [-0.39, 0.29) is 11.4 Å². The fourth-order valence-corrected chi connectivity index (χ4v) is 3.66. The third-order valence-electron chi connectivity index (χ3n) is 3.96. The molecule has 0 saturated carbocycles. The maximum atomic E-state index is 12.4. The first-order valence-electron chi connectivity index (χ1n) is 6.95. The fraction of sp³-hybridized carbons (Fsp3) is 0.923. The minimum Gasteiger partial charge on any atom is -0.351 e. The molecule has 2 rings (SSSR count). The lowest BCUT2D eigenvalue weighted by molar-refractivity contribution is -0.132. The fourth-order valence-electron chi connectivity index (χ4n) is 2.58. The van der Waals surface area contributed by atoms with E-state index in [0.717, 1.165) is 38.4 Å². The average molecular weight is 271 g/mol. The summed E-state index contributed by atoms with van der Waals surface area (Å²) in [5.41, 5.74) is -0.385. The molecule has 0 spiro atoms. The highest BCUT2D eigenvalue weighted by molar-refractivity contribution is 7.99. The second-order valence-electron chi connectivity index (χ2n) is 5.68. The van der Waals surface area contributed by atoms with Gasteiger partial charge in [0.1, 0.15) is 0 Å². The van der Waals surface area contributed by atoms with E-state index in [1.165, 1.54) is 12.2 Å². The minimum atomic E-state index is -0.385. The number of rotatable bonds is 3. The van der Waals surface area contributed by atoms with E-state index in [2.05, 4.69) is 15.5 Å². The van der Waals surface area contributed by atoms with Gasteiger partial charge < -0.3 is 10.6 Å². The summed E-state index contributed by atoms with van der Waals surface area (Å²) in [6.45, 7) is 7.97. The van der Waals surface area contributed by atoms with E-state index < -0.39 is 0 Å². The van der Waals surface area contributed by atoms with Crippen molar-refractivity contribution in [3.63, 3.8) is 0 Å². The molecule has 18 heavy (non-hydrogen) atoms. The van der Waals surface area contributed by atoms with Crippen molar-refractivity contribution < 1.29 is 4.79 Å². The molecule has 2 heterocycles. The van der Waals surface area contributed by atoms with Crippen molar-refractivity contribution in [3.05, 3.63) is 0 Å². The Kier molecular flexibility index (Phi) is 4.92. The Labute approximate surface area is 114 Å². The van der Waals surface area contributed by atoms with E-state index in [1.54, 1.807) is 0 Å². The Morgan fingerprint density at radius 2 is 2.11 bits per heavy atom. The molecule has 4 nitrogen and oxygen atoms in total. The summed E-state index contributed by atoms with van der Waals surface area (Å²) in [6.07, 6.45) is 2.36. The largest absolute Gasteiger partial charge is 0.351 e. The monoisotopic (exact) mass is 271 g/mol. The number of nitrogens with one attached hydrogen (secondary N) is 2. The van der Waals surface area contributed by atoms with Crippen LogP contribution in [0.2, 0.25) is 0 Å². The second-order valence-corrected chi connectivity index (χ2v) is 6.83. The minimum absolute atomic E-state index is 0.192. The first kappa shape index (κ1) is 14.2.